The van der Waals surface area contributed by atoms with Gasteiger partial charge in [0.2, 0.25) is 0 Å². The molecule has 0 radical (unpaired) electrons. The monoisotopic (exact) mass is 265 g/mol. The van der Waals surface area contributed by atoms with E-state index in [4.69, 9.17) is 5.11 Å². The lowest BCUT2D eigenvalue weighted by molar-refractivity contribution is 0.0696. The number of hydrogen-bond acceptors (Lipinski definition) is 2. The lowest BCUT2D eigenvalue weighted by Gasteiger charge is -2.32. The van der Waals surface area contributed by atoms with Gasteiger partial charge in [-0.15, -0.1) is 0 Å². The van der Waals surface area contributed by atoms with Crippen LogP contribution in [0.4, 0.5) is 10.1 Å². The third-order valence-corrected chi connectivity index (χ3v) is 3.75. The minimum atomic E-state index is -1.11. The average molecular weight is 265 g/mol. The van der Waals surface area contributed by atoms with Crippen LogP contribution in [-0.2, 0) is 0 Å². The van der Waals surface area contributed by atoms with Crippen molar-refractivity contribution in [3.05, 3.63) is 29.6 Å². The summed E-state index contributed by atoms with van der Waals surface area (Å²) >= 11 is 0. The van der Waals surface area contributed by atoms with Crippen LogP contribution in [-0.4, -0.2) is 17.1 Å². The summed E-state index contributed by atoms with van der Waals surface area (Å²) in [6.07, 6.45) is 3.29. The van der Waals surface area contributed by atoms with Crippen molar-refractivity contribution in [3.63, 3.8) is 0 Å². The zero-order valence-corrected chi connectivity index (χ0v) is 11.3. The van der Waals surface area contributed by atoms with Crippen LogP contribution in [0.1, 0.15) is 43.5 Å². The van der Waals surface area contributed by atoms with Crippen molar-refractivity contribution in [2.45, 2.75) is 39.2 Å². The molecule has 2 N–H and O–H groups in total. The van der Waals surface area contributed by atoms with Crippen molar-refractivity contribution in [2.75, 3.05) is 5.32 Å². The van der Waals surface area contributed by atoms with E-state index < -0.39 is 11.8 Å². The number of benzene rings is 1. The quantitative estimate of drug-likeness (QED) is 0.874. The zero-order valence-electron chi connectivity index (χ0n) is 11.3. The molecule has 1 saturated carbocycles. The Morgan fingerprint density at radius 2 is 1.89 bits per heavy atom. The van der Waals surface area contributed by atoms with E-state index in [1.54, 1.807) is 0 Å². The topological polar surface area (TPSA) is 49.3 Å². The van der Waals surface area contributed by atoms with E-state index in [0.29, 0.717) is 17.5 Å². The molecule has 0 heterocycles. The van der Waals surface area contributed by atoms with E-state index in [1.165, 1.54) is 18.6 Å². The summed E-state index contributed by atoms with van der Waals surface area (Å²) in [6.45, 7) is 4.43. The standard InChI is InChI=1S/C15H20FNO2/c1-9-5-10(2)7-12(6-9)17-14-4-3-11(15(18)19)8-13(14)16/h3-4,8-10,12,17H,5-7H2,1-2H3,(H,18,19). The molecule has 2 unspecified atom stereocenters. The lowest BCUT2D eigenvalue weighted by atomic mass is 9.80. The number of carboxylic acid groups (broad SMARTS) is 1. The van der Waals surface area contributed by atoms with Gasteiger partial charge in [0.15, 0.2) is 0 Å². The molecule has 1 aromatic rings. The molecule has 19 heavy (non-hydrogen) atoms. The molecule has 3 nitrogen and oxygen atoms in total. The third-order valence-electron chi connectivity index (χ3n) is 3.75. The molecule has 2 atom stereocenters. The maximum atomic E-state index is 13.8. The van der Waals surface area contributed by atoms with E-state index in [0.717, 1.165) is 18.9 Å². The van der Waals surface area contributed by atoms with Gasteiger partial charge in [0.1, 0.15) is 5.82 Å². The number of aromatic carboxylic acids is 1. The van der Waals surface area contributed by atoms with E-state index in [1.807, 2.05) is 0 Å². The van der Waals surface area contributed by atoms with E-state index in [-0.39, 0.29) is 11.6 Å². The van der Waals surface area contributed by atoms with Gasteiger partial charge in [-0.05, 0) is 49.3 Å². The smallest absolute Gasteiger partial charge is 0.335 e. The van der Waals surface area contributed by atoms with Gasteiger partial charge in [-0.2, -0.15) is 0 Å². The van der Waals surface area contributed by atoms with E-state index in [9.17, 15) is 9.18 Å². The van der Waals surface area contributed by atoms with Crippen molar-refractivity contribution in [1.29, 1.82) is 0 Å². The van der Waals surface area contributed by atoms with Crippen molar-refractivity contribution in [3.8, 4) is 0 Å². The third kappa shape index (κ3) is 3.46. The highest BCUT2D eigenvalue weighted by molar-refractivity contribution is 5.88. The first kappa shape index (κ1) is 13.8. The molecular weight excluding hydrogens is 245 g/mol. The molecule has 1 fully saturated rings. The Labute approximate surface area is 112 Å². The fourth-order valence-corrected chi connectivity index (χ4v) is 3.05. The van der Waals surface area contributed by atoms with Crippen LogP contribution < -0.4 is 5.32 Å². The summed E-state index contributed by atoms with van der Waals surface area (Å²) in [6, 6.07) is 4.29. The second kappa shape index (κ2) is 5.59. The van der Waals surface area contributed by atoms with Crippen LogP contribution in [0.2, 0.25) is 0 Å². The average Bonchev–Trinajstić information content (AvgIpc) is 2.30. The number of carbonyl (C=O) groups is 1. The largest absolute Gasteiger partial charge is 0.478 e. The van der Waals surface area contributed by atoms with E-state index >= 15 is 0 Å². The minimum Gasteiger partial charge on any atom is -0.478 e. The maximum absolute atomic E-state index is 13.8. The number of anilines is 1. The SMILES string of the molecule is CC1CC(C)CC(Nc2ccc(C(=O)O)cc2F)C1. The number of rotatable bonds is 3. The summed E-state index contributed by atoms with van der Waals surface area (Å²) in [5, 5.41) is 12.0. The predicted molar refractivity (Wildman–Crippen MR) is 72.9 cm³/mol. The fraction of sp³-hybridized carbons (Fsp3) is 0.533. The maximum Gasteiger partial charge on any atom is 0.335 e. The van der Waals surface area contributed by atoms with E-state index in [2.05, 4.69) is 19.2 Å². The van der Waals surface area contributed by atoms with Gasteiger partial charge in [-0.25, -0.2) is 9.18 Å². The summed E-state index contributed by atoms with van der Waals surface area (Å²) in [4.78, 5) is 10.8. The molecule has 0 spiro atoms. The molecule has 1 aromatic carbocycles. The summed E-state index contributed by atoms with van der Waals surface area (Å²) in [7, 11) is 0. The number of halogens is 1. The molecule has 0 saturated heterocycles. The summed E-state index contributed by atoms with van der Waals surface area (Å²) in [5.41, 5.74) is 0.379. The lowest BCUT2D eigenvalue weighted by Crippen LogP contribution is -2.30. The zero-order chi connectivity index (χ0) is 14.0. The minimum absolute atomic E-state index is 0.0200. The van der Waals surface area contributed by atoms with Gasteiger partial charge in [0.25, 0.3) is 0 Å². The van der Waals surface area contributed by atoms with Crippen LogP contribution >= 0.6 is 0 Å². The molecule has 0 bridgehead atoms. The Kier molecular flexibility index (Phi) is 4.08. The molecule has 0 aliphatic heterocycles. The van der Waals surface area contributed by atoms with Gasteiger partial charge >= 0.3 is 5.97 Å². The first-order valence-corrected chi connectivity index (χ1v) is 6.75. The normalized spacial score (nSPS) is 27.0. The molecule has 104 valence electrons. The molecule has 1 aliphatic carbocycles. The van der Waals surface area contributed by atoms with Crippen LogP contribution in [0.3, 0.4) is 0 Å². The Balaban J connectivity index is 2.08. The second-order valence-electron chi connectivity index (χ2n) is 5.76. The second-order valence-corrected chi connectivity index (χ2v) is 5.76. The summed E-state index contributed by atoms with van der Waals surface area (Å²) in [5.74, 6) is -0.318. The first-order chi connectivity index (χ1) is 8.95. The van der Waals surface area contributed by atoms with Gasteiger partial charge in [-0.1, -0.05) is 13.8 Å². The van der Waals surface area contributed by atoms with Crippen molar-refractivity contribution in [1.82, 2.24) is 0 Å². The highest BCUT2D eigenvalue weighted by Crippen LogP contribution is 2.31. The molecule has 0 amide bonds. The first-order valence-electron chi connectivity index (χ1n) is 6.75. The Bertz CT molecular complexity index is 465. The van der Waals surface area contributed by atoms with Gasteiger partial charge in [0, 0.05) is 6.04 Å². The Morgan fingerprint density at radius 1 is 1.26 bits per heavy atom. The summed E-state index contributed by atoms with van der Waals surface area (Å²) < 4.78 is 13.8. The van der Waals surface area contributed by atoms with Crippen LogP contribution in [0.5, 0.6) is 0 Å². The van der Waals surface area contributed by atoms with Gasteiger partial charge < -0.3 is 10.4 Å². The van der Waals surface area contributed by atoms with Crippen molar-refractivity contribution in [2.24, 2.45) is 11.8 Å². The molecule has 0 aromatic heterocycles. The van der Waals surface area contributed by atoms with Gasteiger partial charge in [0.05, 0.1) is 11.3 Å². The highest BCUT2D eigenvalue weighted by Gasteiger charge is 2.24. The van der Waals surface area contributed by atoms with Crippen LogP contribution in [0.15, 0.2) is 18.2 Å². The van der Waals surface area contributed by atoms with Crippen molar-refractivity contribution >= 4 is 11.7 Å². The molecule has 2 rings (SSSR count). The van der Waals surface area contributed by atoms with Crippen LogP contribution in [0, 0.1) is 17.7 Å². The molecule has 4 heteroatoms. The number of nitrogens with one attached hydrogen (secondary N) is 1. The van der Waals surface area contributed by atoms with Crippen LogP contribution in [0.25, 0.3) is 0 Å². The highest BCUT2D eigenvalue weighted by atomic mass is 19.1. The molecular formula is C15H20FNO2. The number of hydrogen-bond donors (Lipinski definition) is 2. The molecule has 1 aliphatic rings. The van der Waals surface area contributed by atoms with Crippen molar-refractivity contribution < 1.29 is 14.3 Å². The number of carboxylic acids is 1. The predicted octanol–water partition coefficient (Wildman–Crippen LogP) is 3.76. The fourth-order valence-electron chi connectivity index (χ4n) is 3.05. The Morgan fingerprint density at radius 3 is 2.42 bits per heavy atom. The Hall–Kier alpha value is -1.58. The van der Waals surface area contributed by atoms with Gasteiger partial charge in [-0.3, -0.25) is 0 Å².